The molecule has 73 heavy (non-hydrogen) atoms. The minimum Gasteiger partial charge on any atom is -0.456 e. The number of likely N-dealkylation sites (N-methyl/N-ethyl adjacent to an activating group) is 1. The Morgan fingerprint density at radius 2 is 0.781 bits per heavy atom. The number of quaternary nitrogens is 1. The zero-order valence-corrected chi connectivity index (χ0v) is 50.6. The summed E-state index contributed by atoms with van der Waals surface area (Å²) in [5.74, 6) is -0.484. The fraction of sp³-hybridized carbons (Fsp3) is 0.937. The van der Waals surface area contributed by atoms with E-state index in [9.17, 15) is 19.0 Å². The Morgan fingerprint density at radius 1 is 0.466 bits per heavy atom. The Balaban J connectivity index is 5.04. The van der Waals surface area contributed by atoms with E-state index in [1.54, 1.807) is 0 Å². The summed E-state index contributed by atoms with van der Waals surface area (Å²) in [5, 5.41) is 3.06. The average molecular weight is 1050 g/mol. The van der Waals surface area contributed by atoms with Crippen molar-refractivity contribution >= 4 is 19.7 Å². The number of phosphoric acid groups is 1. The van der Waals surface area contributed by atoms with Gasteiger partial charge >= 0.3 is 13.8 Å². The molecule has 0 rings (SSSR count). The number of esters is 1. The maximum atomic E-state index is 13.5. The van der Waals surface area contributed by atoms with Gasteiger partial charge in [-0.1, -0.05) is 297 Å². The molecule has 0 aromatic heterocycles. The second kappa shape index (κ2) is 54.1. The van der Waals surface area contributed by atoms with Gasteiger partial charge in [0.05, 0.1) is 33.8 Å². The molecule has 1 amide bonds. The summed E-state index contributed by atoms with van der Waals surface area (Å²) in [5.41, 5.74) is 0. The number of carbonyl (C=O) groups is 2. The highest BCUT2D eigenvalue weighted by atomic mass is 31.2. The summed E-state index contributed by atoms with van der Waals surface area (Å²) < 4.78 is 30.7. The molecule has 0 aliphatic heterocycles. The van der Waals surface area contributed by atoms with E-state index in [-0.39, 0.29) is 25.1 Å². The highest BCUT2D eigenvalue weighted by molar-refractivity contribution is 7.47. The average Bonchev–Trinajstić information content (AvgIpc) is 3.35. The zero-order chi connectivity index (χ0) is 53.6. The summed E-state index contributed by atoms with van der Waals surface area (Å²) in [4.78, 5) is 37.7. The molecule has 0 radical (unpaired) electrons. The van der Waals surface area contributed by atoms with Crippen molar-refractivity contribution in [1.82, 2.24) is 5.32 Å². The van der Waals surface area contributed by atoms with E-state index in [1.807, 2.05) is 33.3 Å². The molecule has 0 aliphatic rings. The van der Waals surface area contributed by atoms with Crippen LogP contribution in [0.25, 0.3) is 0 Å². The van der Waals surface area contributed by atoms with Crippen molar-refractivity contribution in [2.24, 2.45) is 0 Å². The van der Waals surface area contributed by atoms with Crippen molar-refractivity contribution in [2.45, 2.75) is 341 Å². The minimum atomic E-state index is -4.44. The third-order valence-electron chi connectivity index (χ3n) is 14.7. The Morgan fingerprint density at radius 3 is 1.12 bits per heavy atom. The number of unbranched alkanes of at least 4 members (excludes halogenated alkanes) is 43. The molecule has 0 spiro atoms. The molecule has 434 valence electrons. The lowest BCUT2D eigenvalue weighted by Gasteiger charge is -2.27. The van der Waals surface area contributed by atoms with E-state index in [1.165, 1.54) is 238 Å². The van der Waals surface area contributed by atoms with Crippen LogP contribution in [0, 0.1) is 0 Å². The first-order valence-electron chi connectivity index (χ1n) is 32.0. The van der Waals surface area contributed by atoms with Crippen molar-refractivity contribution < 1.29 is 37.3 Å². The second-order valence-electron chi connectivity index (χ2n) is 23.3. The summed E-state index contributed by atoms with van der Waals surface area (Å²) >= 11 is 0. The lowest BCUT2D eigenvalue weighted by molar-refractivity contribution is -0.870. The Kier molecular flexibility index (Phi) is 53.2. The number of nitrogens with one attached hydrogen (secondary N) is 1. The smallest absolute Gasteiger partial charge is 0.456 e. The number of phosphoric ester groups is 1. The van der Waals surface area contributed by atoms with Gasteiger partial charge in [0.1, 0.15) is 19.3 Å². The van der Waals surface area contributed by atoms with Crippen LogP contribution >= 0.6 is 7.82 Å². The highest BCUT2D eigenvalue weighted by Crippen LogP contribution is 2.43. The van der Waals surface area contributed by atoms with Gasteiger partial charge in [-0.15, -0.1) is 0 Å². The third kappa shape index (κ3) is 55.3. The van der Waals surface area contributed by atoms with Crippen LogP contribution in [0.15, 0.2) is 12.2 Å². The number of allylic oxidation sites excluding steroid dienone is 1. The van der Waals surface area contributed by atoms with Crippen LogP contribution in [0.2, 0.25) is 0 Å². The molecular formula is C63H126N2O7P+. The van der Waals surface area contributed by atoms with Crippen LogP contribution in [0.4, 0.5) is 0 Å². The molecule has 0 saturated carbocycles. The Hall–Kier alpha value is -1.25. The van der Waals surface area contributed by atoms with Gasteiger partial charge in [0.15, 0.2) is 0 Å². The normalized spacial score (nSPS) is 13.7. The Labute approximate surface area is 454 Å². The molecule has 3 unspecified atom stereocenters. The third-order valence-corrected chi connectivity index (χ3v) is 15.7. The van der Waals surface area contributed by atoms with E-state index in [4.69, 9.17) is 13.8 Å². The topological polar surface area (TPSA) is 111 Å². The number of amides is 1. The van der Waals surface area contributed by atoms with Gasteiger partial charge in [0, 0.05) is 12.8 Å². The largest absolute Gasteiger partial charge is 0.472 e. The van der Waals surface area contributed by atoms with E-state index in [0.29, 0.717) is 23.9 Å². The van der Waals surface area contributed by atoms with Gasteiger partial charge in [-0.3, -0.25) is 18.6 Å². The molecular weight excluding hydrogens is 928 g/mol. The van der Waals surface area contributed by atoms with Gasteiger partial charge < -0.3 is 19.4 Å². The fourth-order valence-corrected chi connectivity index (χ4v) is 10.5. The number of nitrogens with zero attached hydrogens (tertiary/aromatic N) is 1. The maximum absolute atomic E-state index is 13.5. The van der Waals surface area contributed by atoms with Crippen molar-refractivity contribution in [3.63, 3.8) is 0 Å². The van der Waals surface area contributed by atoms with Crippen molar-refractivity contribution in [2.75, 3.05) is 40.9 Å². The lowest BCUT2D eigenvalue weighted by atomic mass is 10.0. The predicted octanol–water partition coefficient (Wildman–Crippen LogP) is 19.6. The van der Waals surface area contributed by atoms with E-state index >= 15 is 0 Å². The van der Waals surface area contributed by atoms with E-state index in [0.717, 1.165) is 57.8 Å². The van der Waals surface area contributed by atoms with E-state index < -0.39 is 20.0 Å². The van der Waals surface area contributed by atoms with Gasteiger partial charge in [0.25, 0.3) is 0 Å². The zero-order valence-electron chi connectivity index (χ0n) is 49.7. The van der Waals surface area contributed by atoms with Crippen molar-refractivity contribution in [1.29, 1.82) is 0 Å². The molecule has 0 bridgehead atoms. The quantitative estimate of drug-likeness (QED) is 0.0205. The predicted molar refractivity (Wildman–Crippen MR) is 314 cm³/mol. The number of rotatable bonds is 59. The standard InChI is InChI=1S/C63H125N2O7P/c1-7-10-13-16-19-22-25-27-28-29-30-31-32-33-34-35-36-38-40-43-46-49-52-55-62(66)64-60(59-71-73(68,69)70-58-57-65(4,5)6)61(54-51-48-45-42-39-24-21-18-15-12-9-3)72-63(67)56-53-50-47-44-41-37-26-23-20-17-14-11-8-2/h51,54,60-61H,7-50,52-53,55-59H2,1-6H3,(H-,64,66,68,69)/p+1/b54-51-. The van der Waals surface area contributed by atoms with Crippen molar-refractivity contribution in [3.05, 3.63) is 12.2 Å². The Bertz CT molecular complexity index is 1260. The first kappa shape index (κ1) is 71.8. The second-order valence-corrected chi connectivity index (χ2v) is 24.8. The SMILES string of the molecule is CCCCCCCCCCC/C=C\C(OC(=O)CCCCCCCCCCCCCCC)C(COP(=O)(O)OCC[N+](C)(C)C)NC(=O)CCCCCCCCCCCCCCCCCCCCCCCCC. The highest BCUT2D eigenvalue weighted by Gasteiger charge is 2.30. The molecule has 3 atom stereocenters. The molecule has 0 saturated heterocycles. The summed E-state index contributed by atoms with van der Waals surface area (Å²) in [6.07, 6.45) is 62.2. The molecule has 0 fully saturated rings. The fourth-order valence-electron chi connectivity index (χ4n) is 9.77. The molecule has 9 nitrogen and oxygen atoms in total. The summed E-state index contributed by atoms with van der Waals surface area (Å²) in [6.45, 7) is 7.06. The number of carbonyl (C=O) groups excluding carboxylic acids is 2. The molecule has 0 aromatic rings. The van der Waals surface area contributed by atoms with Crippen molar-refractivity contribution in [3.8, 4) is 0 Å². The monoisotopic (exact) mass is 1050 g/mol. The molecule has 2 N–H and O–H groups in total. The van der Waals surface area contributed by atoms with E-state index in [2.05, 4.69) is 26.1 Å². The summed E-state index contributed by atoms with van der Waals surface area (Å²) in [6, 6.07) is -0.838. The number of ether oxygens (including phenoxy) is 1. The van der Waals surface area contributed by atoms with Gasteiger partial charge in [-0.05, 0) is 31.8 Å². The first-order valence-corrected chi connectivity index (χ1v) is 33.5. The summed E-state index contributed by atoms with van der Waals surface area (Å²) in [7, 11) is 1.52. The molecule has 0 aliphatic carbocycles. The molecule has 10 heteroatoms. The number of hydrogen-bond acceptors (Lipinski definition) is 6. The van der Waals surface area contributed by atoms with Crippen LogP contribution in [0.5, 0.6) is 0 Å². The maximum Gasteiger partial charge on any atom is 0.472 e. The van der Waals surface area contributed by atoms with Crippen LogP contribution in [-0.4, -0.2) is 74.3 Å². The molecule has 0 heterocycles. The number of hydrogen-bond donors (Lipinski definition) is 2. The van der Waals surface area contributed by atoms with Gasteiger partial charge in [-0.2, -0.15) is 0 Å². The lowest BCUT2D eigenvalue weighted by Crippen LogP contribution is -2.47. The van der Waals surface area contributed by atoms with Gasteiger partial charge in [-0.25, -0.2) is 4.57 Å². The van der Waals surface area contributed by atoms with Crippen LogP contribution in [-0.2, 0) is 27.9 Å². The van der Waals surface area contributed by atoms with Gasteiger partial charge in [0.2, 0.25) is 5.91 Å². The first-order chi connectivity index (χ1) is 35.4. The van der Waals surface area contributed by atoms with Crippen LogP contribution in [0.3, 0.4) is 0 Å². The minimum absolute atomic E-state index is 0.0457. The molecule has 0 aromatic carbocycles. The van der Waals surface area contributed by atoms with Crippen LogP contribution in [0.1, 0.15) is 329 Å². The van der Waals surface area contributed by atoms with Crippen LogP contribution < -0.4 is 5.32 Å².